The first-order valence-corrected chi connectivity index (χ1v) is 14.4. The van der Waals surface area contributed by atoms with Gasteiger partial charge in [0.05, 0.1) is 11.2 Å². The average molecular weight is 537 g/mol. The molecular weight excluding hydrogens is 499 g/mol. The normalized spacial score (nSPS) is 15.7. The van der Waals surface area contributed by atoms with Crippen molar-refractivity contribution >= 4 is 12.6 Å². The van der Waals surface area contributed by atoms with Gasteiger partial charge < -0.3 is 9.31 Å². The molecule has 0 unspecified atom stereocenters. The van der Waals surface area contributed by atoms with Crippen LogP contribution in [0.1, 0.15) is 38.8 Å². The van der Waals surface area contributed by atoms with Crippen LogP contribution in [0.4, 0.5) is 0 Å². The predicted molar refractivity (Wildman–Crippen MR) is 173 cm³/mol. The van der Waals surface area contributed by atoms with Gasteiger partial charge in [-0.15, -0.1) is 0 Å². The van der Waals surface area contributed by atoms with Gasteiger partial charge in [0.15, 0.2) is 0 Å². The van der Waals surface area contributed by atoms with Crippen LogP contribution in [0.15, 0.2) is 115 Å². The summed E-state index contributed by atoms with van der Waals surface area (Å²) in [6.07, 6.45) is 0. The lowest BCUT2D eigenvalue weighted by Gasteiger charge is -2.32. The molecule has 0 radical (unpaired) electrons. The van der Waals surface area contributed by atoms with Gasteiger partial charge in [0.25, 0.3) is 0 Å². The maximum atomic E-state index is 6.30. The quantitative estimate of drug-likeness (QED) is 0.209. The van der Waals surface area contributed by atoms with Crippen LogP contribution in [0.5, 0.6) is 0 Å². The molecule has 1 fully saturated rings. The van der Waals surface area contributed by atoms with Crippen LogP contribution in [0.25, 0.3) is 44.5 Å². The number of hydrogen-bond donors (Lipinski definition) is 0. The van der Waals surface area contributed by atoms with Gasteiger partial charge in [-0.1, -0.05) is 97.1 Å². The summed E-state index contributed by atoms with van der Waals surface area (Å²) >= 11 is 0. The second kappa shape index (κ2) is 10.5. The summed E-state index contributed by atoms with van der Waals surface area (Å²) in [5.74, 6) is 0. The Bertz CT molecular complexity index is 1630. The lowest BCUT2D eigenvalue weighted by atomic mass is 9.77. The van der Waals surface area contributed by atoms with E-state index in [1.807, 2.05) is 0 Å². The summed E-state index contributed by atoms with van der Waals surface area (Å²) in [6, 6.07) is 41.6. The highest BCUT2D eigenvalue weighted by molar-refractivity contribution is 6.62. The molecule has 0 bridgehead atoms. The summed E-state index contributed by atoms with van der Waals surface area (Å²) in [6.45, 7) is 12.8. The third-order valence-electron chi connectivity index (χ3n) is 8.77. The number of benzene rings is 5. The van der Waals surface area contributed by atoms with E-state index < -0.39 is 0 Å². The third-order valence-corrected chi connectivity index (χ3v) is 8.77. The Balaban J connectivity index is 1.35. The molecule has 0 N–H and O–H groups in total. The molecule has 204 valence electrons. The van der Waals surface area contributed by atoms with Crippen molar-refractivity contribution in [3.63, 3.8) is 0 Å². The van der Waals surface area contributed by atoms with Crippen molar-refractivity contribution in [2.75, 3.05) is 0 Å². The van der Waals surface area contributed by atoms with Crippen LogP contribution in [-0.2, 0) is 9.31 Å². The minimum Gasteiger partial charge on any atom is -0.399 e. The van der Waals surface area contributed by atoms with Crippen molar-refractivity contribution in [3.05, 3.63) is 126 Å². The van der Waals surface area contributed by atoms with E-state index in [-0.39, 0.29) is 18.3 Å². The summed E-state index contributed by atoms with van der Waals surface area (Å²) in [5, 5.41) is 0. The van der Waals surface area contributed by atoms with E-state index in [4.69, 9.17) is 9.31 Å². The van der Waals surface area contributed by atoms with E-state index in [2.05, 4.69) is 157 Å². The number of hydrogen-bond acceptors (Lipinski definition) is 2. The molecule has 1 aliphatic heterocycles. The zero-order valence-corrected chi connectivity index (χ0v) is 24.9. The van der Waals surface area contributed by atoms with Crippen molar-refractivity contribution in [1.82, 2.24) is 0 Å². The predicted octanol–water partition coefficient (Wildman–Crippen LogP) is 9.27. The third kappa shape index (κ3) is 5.28. The fraction of sp³-hybridized carbons (Fsp3) is 0.211. The standard InChI is InChI=1S/C38H37BO2/c1-26-21-30(33-24-31(28-13-9-7-10-14-28)23-32(25-33)29-15-11-8-12-16-29)17-19-35(26)36-20-18-34(22-27(36)2)39-40-37(3,4)38(5,6)41-39/h7-25H,1-6H3. The van der Waals surface area contributed by atoms with Gasteiger partial charge in [0, 0.05) is 0 Å². The van der Waals surface area contributed by atoms with Gasteiger partial charge in [-0.2, -0.15) is 0 Å². The van der Waals surface area contributed by atoms with Crippen LogP contribution in [0.2, 0.25) is 0 Å². The molecular formula is C38H37BO2. The van der Waals surface area contributed by atoms with E-state index >= 15 is 0 Å². The maximum Gasteiger partial charge on any atom is 0.494 e. The van der Waals surface area contributed by atoms with Crippen LogP contribution in [-0.4, -0.2) is 18.3 Å². The Morgan fingerprint density at radius 3 is 1.34 bits per heavy atom. The Kier molecular flexibility index (Phi) is 6.97. The molecule has 5 aromatic carbocycles. The Morgan fingerprint density at radius 2 is 0.878 bits per heavy atom. The average Bonchev–Trinajstić information content (AvgIpc) is 3.20. The Labute approximate surface area is 245 Å². The maximum absolute atomic E-state index is 6.30. The molecule has 5 aromatic rings. The smallest absolute Gasteiger partial charge is 0.399 e. The lowest BCUT2D eigenvalue weighted by molar-refractivity contribution is 0.00578. The SMILES string of the molecule is Cc1cc(B2OC(C)(C)C(C)(C)O2)ccc1-c1ccc(-c2cc(-c3ccccc3)cc(-c3ccccc3)c2)cc1C. The van der Waals surface area contributed by atoms with E-state index in [0.717, 1.165) is 5.46 Å². The molecule has 3 heteroatoms. The minimum atomic E-state index is -0.355. The van der Waals surface area contributed by atoms with Crippen molar-refractivity contribution in [2.45, 2.75) is 52.7 Å². The molecule has 2 nitrogen and oxygen atoms in total. The van der Waals surface area contributed by atoms with Crippen molar-refractivity contribution in [1.29, 1.82) is 0 Å². The van der Waals surface area contributed by atoms with Gasteiger partial charge in [0.1, 0.15) is 0 Å². The molecule has 0 aliphatic carbocycles. The first-order valence-electron chi connectivity index (χ1n) is 14.4. The van der Waals surface area contributed by atoms with E-state index in [0.29, 0.717) is 0 Å². The molecule has 0 aromatic heterocycles. The molecule has 1 heterocycles. The molecule has 0 atom stereocenters. The second-order valence-electron chi connectivity index (χ2n) is 12.2. The highest BCUT2D eigenvalue weighted by atomic mass is 16.7. The first-order chi connectivity index (χ1) is 19.6. The van der Waals surface area contributed by atoms with Crippen molar-refractivity contribution in [2.24, 2.45) is 0 Å². The highest BCUT2D eigenvalue weighted by Crippen LogP contribution is 2.38. The van der Waals surface area contributed by atoms with Crippen LogP contribution >= 0.6 is 0 Å². The van der Waals surface area contributed by atoms with E-state index in [1.54, 1.807) is 0 Å². The van der Waals surface area contributed by atoms with Crippen molar-refractivity contribution in [3.8, 4) is 44.5 Å². The molecule has 1 saturated heterocycles. The fourth-order valence-electron chi connectivity index (χ4n) is 5.65. The molecule has 41 heavy (non-hydrogen) atoms. The molecule has 0 amide bonds. The molecule has 1 aliphatic rings. The van der Waals surface area contributed by atoms with Gasteiger partial charge in [-0.05, 0) is 121 Å². The second-order valence-corrected chi connectivity index (χ2v) is 12.2. The summed E-state index contributed by atoms with van der Waals surface area (Å²) in [7, 11) is -0.355. The highest BCUT2D eigenvalue weighted by Gasteiger charge is 2.51. The van der Waals surface area contributed by atoms with Gasteiger partial charge in [-0.3, -0.25) is 0 Å². The summed E-state index contributed by atoms with van der Waals surface area (Å²) < 4.78 is 12.6. The topological polar surface area (TPSA) is 18.5 Å². The van der Waals surface area contributed by atoms with Crippen LogP contribution in [0.3, 0.4) is 0 Å². The Hall–Kier alpha value is -3.92. The molecule has 0 spiro atoms. The van der Waals surface area contributed by atoms with Crippen LogP contribution in [0, 0.1) is 13.8 Å². The van der Waals surface area contributed by atoms with Gasteiger partial charge in [-0.25, -0.2) is 0 Å². The van der Waals surface area contributed by atoms with Crippen molar-refractivity contribution < 1.29 is 9.31 Å². The number of rotatable bonds is 5. The summed E-state index contributed by atoms with van der Waals surface area (Å²) in [5.41, 5.74) is 12.6. The van der Waals surface area contributed by atoms with Crippen LogP contribution < -0.4 is 5.46 Å². The summed E-state index contributed by atoms with van der Waals surface area (Å²) in [4.78, 5) is 0. The fourth-order valence-corrected chi connectivity index (χ4v) is 5.65. The molecule has 0 saturated carbocycles. The largest absolute Gasteiger partial charge is 0.494 e. The lowest BCUT2D eigenvalue weighted by Crippen LogP contribution is -2.41. The zero-order chi connectivity index (χ0) is 28.8. The number of aryl methyl sites for hydroxylation is 2. The minimum absolute atomic E-state index is 0.352. The van der Waals surface area contributed by atoms with E-state index in [1.165, 1.54) is 55.6 Å². The van der Waals surface area contributed by atoms with Gasteiger partial charge >= 0.3 is 7.12 Å². The van der Waals surface area contributed by atoms with E-state index in [9.17, 15) is 0 Å². The van der Waals surface area contributed by atoms with Gasteiger partial charge in [0.2, 0.25) is 0 Å². The molecule has 6 rings (SSSR count). The monoisotopic (exact) mass is 536 g/mol. The Morgan fingerprint density at radius 1 is 0.439 bits per heavy atom. The zero-order valence-electron chi connectivity index (χ0n) is 24.9. The first kappa shape index (κ1) is 27.3.